The monoisotopic (exact) mass is 310 g/mol. The average Bonchev–Trinajstić information content (AvgIpc) is 3.09. The van der Waals surface area contributed by atoms with Gasteiger partial charge in [0.1, 0.15) is 0 Å². The van der Waals surface area contributed by atoms with Gasteiger partial charge in [0.25, 0.3) is 0 Å². The highest BCUT2D eigenvalue weighted by molar-refractivity contribution is 4.97. The molecule has 0 aromatic rings. The summed E-state index contributed by atoms with van der Waals surface area (Å²) in [6.07, 6.45) is 13.8. The van der Waals surface area contributed by atoms with Crippen LogP contribution in [-0.2, 0) is 0 Å². The minimum Gasteiger partial charge on any atom is -0.396 e. The summed E-state index contributed by atoms with van der Waals surface area (Å²) in [6, 6.07) is 0. The van der Waals surface area contributed by atoms with E-state index < -0.39 is 0 Å². The third-order valence-corrected chi connectivity index (χ3v) is 6.08. The first-order valence-electron chi connectivity index (χ1n) is 9.98. The lowest BCUT2D eigenvalue weighted by atomic mass is 9.90. The first-order chi connectivity index (χ1) is 10.4. The van der Waals surface area contributed by atoms with E-state index in [0.29, 0.717) is 17.9 Å². The fraction of sp³-hybridized carbons (Fsp3) is 1.00. The third kappa shape index (κ3) is 7.99. The van der Waals surface area contributed by atoms with E-state index >= 15 is 0 Å². The molecule has 0 heterocycles. The number of hydrogen-bond acceptors (Lipinski definition) is 1. The molecule has 0 radical (unpaired) electrons. The van der Waals surface area contributed by atoms with Crippen LogP contribution in [-0.4, -0.2) is 11.7 Å². The van der Waals surface area contributed by atoms with Crippen LogP contribution < -0.4 is 0 Å². The molecule has 1 N–H and O–H groups in total. The second-order valence-electron chi connectivity index (χ2n) is 9.10. The molecular formula is C21H42O. The van der Waals surface area contributed by atoms with E-state index in [1.54, 1.807) is 0 Å². The molecule has 1 saturated carbocycles. The van der Waals surface area contributed by atoms with Crippen LogP contribution in [0.15, 0.2) is 0 Å². The van der Waals surface area contributed by atoms with E-state index in [1.165, 1.54) is 64.2 Å². The highest BCUT2D eigenvalue weighted by Gasteiger charge is 2.48. The first kappa shape index (κ1) is 20.0. The summed E-state index contributed by atoms with van der Waals surface area (Å²) < 4.78 is 0. The third-order valence-electron chi connectivity index (χ3n) is 6.08. The Balaban J connectivity index is 1.96. The van der Waals surface area contributed by atoms with Gasteiger partial charge in [-0.1, -0.05) is 86.0 Å². The molecule has 132 valence electrons. The van der Waals surface area contributed by atoms with Gasteiger partial charge < -0.3 is 5.11 Å². The van der Waals surface area contributed by atoms with Gasteiger partial charge in [-0.15, -0.1) is 0 Å². The molecule has 0 aromatic carbocycles. The van der Waals surface area contributed by atoms with Crippen LogP contribution in [0, 0.1) is 29.1 Å². The predicted octanol–water partition coefficient (Wildman–Crippen LogP) is 6.44. The Kier molecular flexibility index (Phi) is 9.05. The highest BCUT2D eigenvalue weighted by atomic mass is 16.3. The van der Waals surface area contributed by atoms with Gasteiger partial charge in [0.15, 0.2) is 0 Å². The van der Waals surface area contributed by atoms with Crippen LogP contribution in [0.5, 0.6) is 0 Å². The molecule has 0 bridgehead atoms. The van der Waals surface area contributed by atoms with Crippen molar-refractivity contribution in [3.05, 3.63) is 0 Å². The second kappa shape index (κ2) is 9.96. The van der Waals surface area contributed by atoms with Crippen molar-refractivity contribution in [2.45, 2.75) is 98.8 Å². The van der Waals surface area contributed by atoms with Gasteiger partial charge in [0, 0.05) is 6.61 Å². The van der Waals surface area contributed by atoms with Crippen LogP contribution in [0.2, 0.25) is 0 Å². The smallest absolute Gasteiger partial charge is 0.0464 e. The molecule has 1 nitrogen and oxygen atoms in total. The van der Waals surface area contributed by atoms with Crippen molar-refractivity contribution in [1.29, 1.82) is 0 Å². The molecule has 1 aliphatic carbocycles. The van der Waals surface area contributed by atoms with Gasteiger partial charge in [-0.3, -0.25) is 0 Å². The summed E-state index contributed by atoms with van der Waals surface area (Å²) in [4.78, 5) is 0. The maximum absolute atomic E-state index is 9.21. The lowest BCUT2D eigenvalue weighted by molar-refractivity contribution is 0.246. The topological polar surface area (TPSA) is 20.2 Å². The fourth-order valence-electron chi connectivity index (χ4n) is 3.93. The zero-order chi connectivity index (χ0) is 16.6. The molecule has 4 atom stereocenters. The van der Waals surface area contributed by atoms with Crippen molar-refractivity contribution in [3.8, 4) is 0 Å². The molecule has 1 heteroatoms. The SMILES string of the molecule is CC(C)CCCC(C)CCCC(C)CCCC1(C)CC1CO. The zero-order valence-electron chi connectivity index (χ0n) is 16.0. The Bertz CT molecular complexity index is 286. The maximum atomic E-state index is 9.21. The quantitative estimate of drug-likeness (QED) is 0.415. The van der Waals surface area contributed by atoms with Crippen LogP contribution in [0.25, 0.3) is 0 Å². The molecule has 0 aromatic heterocycles. The number of aliphatic hydroxyl groups is 1. The minimum absolute atomic E-state index is 0.404. The fourth-order valence-corrected chi connectivity index (χ4v) is 3.93. The van der Waals surface area contributed by atoms with Gasteiger partial charge in [0.2, 0.25) is 0 Å². The van der Waals surface area contributed by atoms with E-state index in [2.05, 4.69) is 34.6 Å². The van der Waals surface area contributed by atoms with Crippen molar-refractivity contribution in [1.82, 2.24) is 0 Å². The molecule has 1 fully saturated rings. The summed E-state index contributed by atoms with van der Waals surface area (Å²) >= 11 is 0. The molecule has 0 aliphatic heterocycles. The van der Waals surface area contributed by atoms with Crippen molar-refractivity contribution in [2.75, 3.05) is 6.61 Å². The summed E-state index contributed by atoms with van der Waals surface area (Å²) in [5.41, 5.74) is 0.486. The maximum Gasteiger partial charge on any atom is 0.0464 e. The van der Waals surface area contributed by atoms with E-state index in [4.69, 9.17) is 0 Å². The molecule has 1 aliphatic rings. The van der Waals surface area contributed by atoms with Gasteiger partial charge in [-0.2, -0.15) is 0 Å². The summed E-state index contributed by atoms with van der Waals surface area (Å²) in [6.45, 7) is 12.3. The summed E-state index contributed by atoms with van der Waals surface area (Å²) in [5, 5.41) is 9.21. The van der Waals surface area contributed by atoms with Crippen molar-refractivity contribution >= 4 is 0 Å². The van der Waals surface area contributed by atoms with Gasteiger partial charge in [0.05, 0.1) is 0 Å². The van der Waals surface area contributed by atoms with E-state index in [1.807, 2.05) is 0 Å². The minimum atomic E-state index is 0.404. The van der Waals surface area contributed by atoms with E-state index in [0.717, 1.165) is 17.8 Å². The van der Waals surface area contributed by atoms with Crippen LogP contribution in [0.1, 0.15) is 98.8 Å². The zero-order valence-corrected chi connectivity index (χ0v) is 16.0. The number of hydrogen-bond donors (Lipinski definition) is 1. The second-order valence-corrected chi connectivity index (χ2v) is 9.10. The van der Waals surface area contributed by atoms with Crippen molar-refractivity contribution in [3.63, 3.8) is 0 Å². The lowest BCUT2D eigenvalue weighted by Crippen LogP contribution is -2.04. The highest BCUT2D eigenvalue weighted by Crippen LogP contribution is 2.55. The number of rotatable bonds is 13. The predicted molar refractivity (Wildman–Crippen MR) is 98.0 cm³/mol. The summed E-state index contributed by atoms with van der Waals surface area (Å²) in [5.74, 6) is 3.28. The number of aliphatic hydroxyl groups excluding tert-OH is 1. The van der Waals surface area contributed by atoms with Crippen LogP contribution in [0.3, 0.4) is 0 Å². The van der Waals surface area contributed by atoms with Crippen LogP contribution in [0.4, 0.5) is 0 Å². The molecular weight excluding hydrogens is 268 g/mol. The molecule has 4 unspecified atom stereocenters. The Hall–Kier alpha value is -0.0400. The molecule has 0 amide bonds. The normalized spacial score (nSPS) is 27.1. The van der Waals surface area contributed by atoms with Crippen LogP contribution >= 0.6 is 0 Å². The van der Waals surface area contributed by atoms with Gasteiger partial charge >= 0.3 is 0 Å². The molecule has 22 heavy (non-hydrogen) atoms. The Morgan fingerprint density at radius 3 is 1.82 bits per heavy atom. The largest absolute Gasteiger partial charge is 0.396 e. The summed E-state index contributed by atoms with van der Waals surface area (Å²) in [7, 11) is 0. The Morgan fingerprint density at radius 2 is 1.36 bits per heavy atom. The van der Waals surface area contributed by atoms with Gasteiger partial charge in [-0.05, 0) is 41.9 Å². The Morgan fingerprint density at radius 1 is 0.864 bits per heavy atom. The molecule has 0 saturated heterocycles. The Labute approximate surface area is 140 Å². The first-order valence-corrected chi connectivity index (χ1v) is 9.98. The molecule has 0 spiro atoms. The van der Waals surface area contributed by atoms with Gasteiger partial charge in [-0.25, -0.2) is 0 Å². The van der Waals surface area contributed by atoms with Crippen molar-refractivity contribution in [2.24, 2.45) is 29.1 Å². The van der Waals surface area contributed by atoms with E-state index in [9.17, 15) is 5.11 Å². The average molecular weight is 311 g/mol. The lowest BCUT2D eigenvalue weighted by Gasteiger charge is -2.16. The van der Waals surface area contributed by atoms with E-state index in [-0.39, 0.29) is 0 Å². The van der Waals surface area contributed by atoms with Crippen molar-refractivity contribution < 1.29 is 5.11 Å². The molecule has 1 rings (SSSR count). The standard InChI is InChI=1S/C21H42O/c1-17(2)9-6-10-18(3)11-7-12-19(4)13-8-14-21(5)15-20(21)16-22/h17-20,22H,6-16H2,1-5H3.